The zero-order chi connectivity index (χ0) is 10.7. The van der Waals surface area contributed by atoms with Crippen molar-refractivity contribution in [3.63, 3.8) is 0 Å². The maximum Gasteiger partial charge on any atom is 0.127 e. The molecular formula is C11H16BrNO. The third-order valence-electron chi connectivity index (χ3n) is 1.89. The van der Waals surface area contributed by atoms with Crippen molar-refractivity contribution in [1.82, 2.24) is 0 Å². The average Bonchev–Trinajstić information content (AvgIpc) is 2.08. The van der Waals surface area contributed by atoms with Crippen LogP contribution < -0.4 is 10.5 Å². The van der Waals surface area contributed by atoms with Crippen LogP contribution in [-0.2, 0) is 6.54 Å². The van der Waals surface area contributed by atoms with Crippen molar-refractivity contribution in [3.8, 4) is 5.75 Å². The van der Waals surface area contributed by atoms with E-state index in [1.165, 1.54) is 0 Å². The van der Waals surface area contributed by atoms with Gasteiger partial charge in [0.25, 0.3) is 0 Å². The number of nitrogens with two attached hydrogens (primary N) is 1. The lowest BCUT2D eigenvalue weighted by atomic mass is 10.1. The van der Waals surface area contributed by atoms with E-state index in [4.69, 9.17) is 10.5 Å². The van der Waals surface area contributed by atoms with Gasteiger partial charge in [0.15, 0.2) is 0 Å². The van der Waals surface area contributed by atoms with E-state index in [0.29, 0.717) is 6.54 Å². The Kier molecular flexibility index (Phi) is 3.96. The van der Waals surface area contributed by atoms with Crippen molar-refractivity contribution in [2.75, 3.05) is 0 Å². The highest BCUT2D eigenvalue weighted by Crippen LogP contribution is 2.28. The van der Waals surface area contributed by atoms with Gasteiger partial charge in [-0.25, -0.2) is 0 Å². The molecule has 2 N–H and O–H groups in total. The van der Waals surface area contributed by atoms with Gasteiger partial charge in [-0.1, -0.05) is 15.9 Å². The molecule has 0 aliphatic rings. The molecule has 3 heteroatoms. The number of halogens is 1. The molecule has 1 aromatic carbocycles. The van der Waals surface area contributed by atoms with Crippen molar-refractivity contribution >= 4 is 15.9 Å². The normalized spacial score (nSPS) is 10.7. The first kappa shape index (κ1) is 11.5. The Bertz CT molecular complexity index is 323. The molecule has 0 saturated carbocycles. The Labute approximate surface area is 93.6 Å². The van der Waals surface area contributed by atoms with Crippen molar-refractivity contribution in [3.05, 3.63) is 27.7 Å². The van der Waals surface area contributed by atoms with E-state index in [-0.39, 0.29) is 6.10 Å². The predicted molar refractivity (Wildman–Crippen MR) is 62.5 cm³/mol. The summed E-state index contributed by atoms with van der Waals surface area (Å²) in [5.41, 5.74) is 7.83. The molecule has 0 aromatic heterocycles. The van der Waals surface area contributed by atoms with Gasteiger partial charge < -0.3 is 10.5 Å². The van der Waals surface area contributed by atoms with Crippen LogP contribution in [0.4, 0.5) is 0 Å². The summed E-state index contributed by atoms with van der Waals surface area (Å²) < 4.78 is 6.77. The molecule has 14 heavy (non-hydrogen) atoms. The van der Waals surface area contributed by atoms with Gasteiger partial charge in [0.05, 0.1) is 6.10 Å². The first-order valence-electron chi connectivity index (χ1n) is 4.70. The number of benzene rings is 1. The summed E-state index contributed by atoms with van der Waals surface area (Å²) in [5, 5.41) is 0. The fraction of sp³-hybridized carbons (Fsp3) is 0.455. The molecule has 1 aromatic rings. The molecule has 0 aliphatic carbocycles. The molecule has 0 aliphatic heterocycles. The van der Waals surface area contributed by atoms with E-state index in [9.17, 15) is 0 Å². The van der Waals surface area contributed by atoms with E-state index in [2.05, 4.69) is 15.9 Å². The highest BCUT2D eigenvalue weighted by molar-refractivity contribution is 9.10. The van der Waals surface area contributed by atoms with Gasteiger partial charge in [-0.15, -0.1) is 0 Å². The minimum absolute atomic E-state index is 0.181. The topological polar surface area (TPSA) is 35.2 Å². The molecule has 0 bridgehead atoms. The molecule has 0 saturated heterocycles. The molecule has 2 nitrogen and oxygen atoms in total. The smallest absolute Gasteiger partial charge is 0.127 e. The van der Waals surface area contributed by atoms with Crippen LogP contribution in [0.3, 0.4) is 0 Å². The molecular weight excluding hydrogens is 242 g/mol. The minimum Gasteiger partial charge on any atom is -0.490 e. The molecule has 0 amide bonds. The van der Waals surface area contributed by atoms with Crippen molar-refractivity contribution in [1.29, 1.82) is 0 Å². The van der Waals surface area contributed by atoms with Crippen LogP contribution in [0.2, 0.25) is 0 Å². The summed E-state index contributed by atoms with van der Waals surface area (Å²) in [6.45, 7) is 6.56. The van der Waals surface area contributed by atoms with Crippen LogP contribution in [0.15, 0.2) is 16.6 Å². The standard InChI is InChI=1S/C11H16BrNO/c1-7(2)14-11-8(3)4-10(12)5-9(11)6-13/h4-5,7H,6,13H2,1-3H3. The minimum atomic E-state index is 0.181. The second-order valence-electron chi connectivity index (χ2n) is 3.58. The number of rotatable bonds is 3. The molecule has 1 rings (SSSR count). The Hall–Kier alpha value is -0.540. The van der Waals surface area contributed by atoms with Crippen LogP contribution in [-0.4, -0.2) is 6.10 Å². The third kappa shape index (κ3) is 2.72. The highest BCUT2D eigenvalue weighted by atomic mass is 79.9. The predicted octanol–water partition coefficient (Wildman–Crippen LogP) is 3.00. The van der Waals surface area contributed by atoms with Gasteiger partial charge in [0, 0.05) is 16.6 Å². The second kappa shape index (κ2) is 4.80. The van der Waals surface area contributed by atoms with Gasteiger partial charge in [-0.2, -0.15) is 0 Å². The lowest BCUT2D eigenvalue weighted by Gasteiger charge is -2.16. The van der Waals surface area contributed by atoms with E-state index in [1.54, 1.807) is 0 Å². The first-order chi connectivity index (χ1) is 6.54. The fourth-order valence-electron chi connectivity index (χ4n) is 1.36. The SMILES string of the molecule is Cc1cc(Br)cc(CN)c1OC(C)C. The van der Waals surface area contributed by atoms with Crippen molar-refractivity contribution in [2.24, 2.45) is 5.73 Å². The number of ether oxygens (including phenoxy) is 1. The molecule has 0 spiro atoms. The zero-order valence-corrected chi connectivity index (χ0v) is 10.4. The first-order valence-corrected chi connectivity index (χ1v) is 5.49. The van der Waals surface area contributed by atoms with Gasteiger partial charge in [-0.05, 0) is 38.5 Å². The van der Waals surface area contributed by atoms with Gasteiger partial charge >= 0.3 is 0 Å². The Morgan fingerprint density at radius 3 is 2.57 bits per heavy atom. The average molecular weight is 258 g/mol. The number of aryl methyl sites for hydroxylation is 1. The number of hydrogen-bond acceptors (Lipinski definition) is 2. The maximum atomic E-state index is 5.72. The van der Waals surface area contributed by atoms with Crippen LogP contribution in [0.5, 0.6) is 5.75 Å². The number of hydrogen-bond donors (Lipinski definition) is 1. The van der Waals surface area contributed by atoms with E-state index >= 15 is 0 Å². The monoisotopic (exact) mass is 257 g/mol. The van der Waals surface area contributed by atoms with Crippen LogP contribution >= 0.6 is 15.9 Å². The molecule has 0 fully saturated rings. The van der Waals surface area contributed by atoms with Gasteiger partial charge in [0.2, 0.25) is 0 Å². The van der Waals surface area contributed by atoms with Crippen LogP contribution in [0, 0.1) is 6.92 Å². The van der Waals surface area contributed by atoms with Crippen LogP contribution in [0.25, 0.3) is 0 Å². The second-order valence-corrected chi connectivity index (χ2v) is 4.50. The zero-order valence-electron chi connectivity index (χ0n) is 8.80. The molecule has 78 valence electrons. The highest BCUT2D eigenvalue weighted by Gasteiger charge is 2.08. The van der Waals surface area contributed by atoms with Gasteiger partial charge in [0.1, 0.15) is 5.75 Å². The van der Waals surface area contributed by atoms with Crippen LogP contribution in [0.1, 0.15) is 25.0 Å². The third-order valence-corrected chi connectivity index (χ3v) is 2.35. The summed E-state index contributed by atoms with van der Waals surface area (Å²) in [5.74, 6) is 0.922. The Morgan fingerprint density at radius 1 is 1.43 bits per heavy atom. The lowest BCUT2D eigenvalue weighted by Crippen LogP contribution is -2.10. The summed E-state index contributed by atoms with van der Waals surface area (Å²) in [6.07, 6.45) is 0.181. The molecule has 0 unspecified atom stereocenters. The molecule has 0 radical (unpaired) electrons. The summed E-state index contributed by atoms with van der Waals surface area (Å²) in [7, 11) is 0. The summed E-state index contributed by atoms with van der Waals surface area (Å²) >= 11 is 3.44. The largest absolute Gasteiger partial charge is 0.490 e. The van der Waals surface area contributed by atoms with Gasteiger partial charge in [-0.3, -0.25) is 0 Å². The van der Waals surface area contributed by atoms with E-state index in [0.717, 1.165) is 21.3 Å². The fourth-order valence-corrected chi connectivity index (χ4v) is 1.97. The molecule has 0 heterocycles. The van der Waals surface area contributed by atoms with E-state index < -0.39 is 0 Å². The molecule has 0 atom stereocenters. The lowest BCUT2D eigenvalue weighted by molar-refractivity contribution is 0.238. The van der Waals surface area contributed by atoms with E-state index in [1.807, 2.05) is 32.9 Å². The Morgan fingerprint density at radius 2 is 2.07 bits per heavy atom. The Balaban J connectivity index is 3.11. The van der Waals surface area contributed by atoms with Crippen molar-refractivity contribution < 1.29 is 4.74 Å². The summed E-state index contributed by atoms with van der Waals surface area (Å²) in [6, 6.07) is 4.04. The maximum absolute atomic E-state index is 5.72. The quantitative estimate of drug-likeness (QED) is 0.904. The summed E-state index contributed by atoms with van der Waals surface area (Å²) in [4.78, 5) is 0. The van der Waals surface area contributed by atoms with Crippen molar-refractivity contribution in [2.45, 2.75) is 33.4 Å².